The van der Waals surface area contributed by atoms with Gasteiger partial charge in [-0.2, -0.15) is 0 Å². The molecule has 0 spiro atoms. The van der Waals surface area contributed by atoms with Gasteiger partial charge in [0.1, 0.15) is 5.82 Å². The summed E-state index contributed by atoms with van der Waals surface area (Å²) in [5.41, 5.74) is 9.82. The molecule has 8 rings (SSSR count). The van der Waals surface area contributed by atoms with E-state index in [9.17, 15) is 0 Å². The zero-order valence-corrected chi connectivity index (χ0v) is 27.5. The number of para-hydroxylation sites is 2. The molecule has 50 heavy (non-hydrogen) atoms. The summed E-state index contributed by atoms with van der Waals surface area (Å²) in [6.07, 6.45) is 8.78. The standard InChI is InChI=1S/C46H34N4/c1-33(18-6-2-13-29-44-47-45(34-19-7-3-8-20-34)49-46(48-44)35-21-9-4-10-22-35)38-25-14-15-26-39(38)36-30-31-43-41(32-36)40-27-16-17-28-42(40)50(43)37-23-11-5-12-24-37/h2-28,30-32H,1,29H2/b13-2-,18-6-. The Kier molecular flexibility index (Phi) is 8.49. The molecule has 6 aromatic carbocycles. The predicted octanol–water partition coefficient (Wildman–Crippen LogP) is 11.3. The molecule has 0 saturated carbocycles. The van der Waals surface area contributed by atoms with E-state index in [1.54, 1.807) is 0 Å². The van der Waals surface area contributed by atoms with Gasteiger partial charge in [-0.1, -0.05) is 158 Å². The van der Waals surface area contributed by atoms with Crippen molar-refractivity contribution in [3.05, 3.63) is 200 Å². The number of fused-ring (bicyclic) bond motifs is 3. The van der Waals surface area contributed by atoms with Gasteiger partial charge in [-0.15, -0.1) is 0 Å². The second-order valence-corrected chi connectivity index (χ2v) is 12.1. The number of nitrogens with zero attached hydrogens (tertiary/aromatic N) is 4. The molecule has 2 aromatic heterocycles. The zero-order valence-electron chi connectivity index (χ0n) is 27.5. The predicted molar refractivity (Wildman–Crippen MR) is 208 cm³/mol. The van der Waals surface area contributed by atoms with Crippen LogP contribution in [0.2, 0.25) is 0 Å². The van der Waals surface area contributed by atoms with Crippen molar-refractivity contribution in [2.75, 3.05) is 0 Å². The highest BCUT2D eigenvalue weighted by molar-refractivity contribution is 6.10. The lowest BCUT2D eigenvalue weighted by Gasteiger charge is -2.11. The van der Waals surface area contributed by atoms with E-state index >= 15 is 0 Å². The maximum atomic E-state index is 4.80. The molecule has 4 heteroatoms. The molecular weight excluding hydrogens is 609 g/mol. The molecule has 0 aliphatic heterocycles. The number of rotatable bonds is 9. The number of hydrogen-bond donors (Lipinski definition) is 0. The minimum atomic E-state index is 0.576. The van der Waals surface area contributed by atoms with E-state index < -0.39 is 0 Å². The molecule has 4 nitrogen and oxygen atoms in total. The highest BCUT2D eigenvalue weighted by Crippen LogP contribution is 2.36. The highest BCUT2D eigenvalue weighted by atomic mass is 15.0. The average molecular weight is 643 g/mol. The Morgan fingerprint density at radius 1 is 0.540 bits per heavy atom. The van der Waals surface area contributed by atoms with Crippen LogP contribution in [0, 0.1) is 0 Å². The van der Waals surface area contributed by atoms with E-state index in [0.717, 1.165) is 44.9 Å². The summed E-state index contributed by atoms with van der Waals surface area (Å²) in [5, 5.41) is 2.46. The monoisotopic (exact) mass is 642 g/mol. The Labute approximate surface area is 292 Å². The van der Waals surface area contributed by atoms with E-state index in [1.807, 2.05) is 72.8 Å². The fraction of sp³-hybridized carbons (Fsp3) is 0.0217. The number of benzene rings is 6. The Bertz CT molecular complexity index is 2450. The van der Waals surface area contributed by atoms with Crippen molar-refractivity contribution in [3.63, 3.8) is 0 Å². The third-order valence-corrected chi connectivity index (χ3v) is 8.86. The van der Waals surface area contributed by atoms with Crippen LogP contribution in [0.15, 0.2) is 189 Å². The summed E-state index contributed by atoms with van der Waals surface area (Å²) in [4.78, 5) is 14.4. The quantitative estimate of drug-likeness (QED) is 0.147. The van der Waals surface area contributed by atoms with Gasteiger partial charge in [-0.3, -0.25) is 0 Å². The van der Waals surface area contributed by atoms with E-state index in [2.05, 4.69) is 120 Å². The molecule has 0 fully saturated rings. The van der Waals surface area contributed by atoms with Crippen LogP contribution in [0.1, 0.15) is 11.4 Å². The largest absolute Gasteiger partial charge is 0.309 e. The lowest BCUT2D eigenvalue weighted by molar-refractivity contribution is 0.947. The van der Waals surface area contributed by atoms with E-state index in [4.69, 9.17) is 15.0 Å². The van der Waals surface area contributed by atoms with Crippen molar-refractivity contribution in [3.8, 4) is 39.6 Å². The van der Waals surface area contributed by atoms with Crippen molar-refractivity contribution >= 4 is 27.4 Å². The topological polar surface area (TPSA) is 43.6 Å². The van der Waals surface area contributed by atoms with Gasteiger partial charge in [0.25, 0.3) is 0 Å². The number of aromatic nitrogens is 4. The molecule has 0 amide bonds. The first-order valence-electron chi connectivity index (χ1n) is 16.8. The van der Waals surface area contributed by atoms with Gasteiger partial charge in [-0.25, -0.2) is 15.0 Å². The van der Waals surface area contributed by atoms with E-state index in [-0.39, 0.29) is 0 Å². The molecule has 0 saturated heterocycles. The molecule has 0 unspecified atom stereocenters. The third kappa shape index (κ3) is 6.18. The normalized spacial score (nSPS) is 11.6. The molecule has 0 bridgehead atoms. The van der Waals surface area contributed by atoms with E-state index in [1.165, 1.54) is 21.8 Å². The Hall–Kier alpha value is -6.65. The summed E-state index contributed by atoms with van der Waals surface area (Å²) in [5.74, 6) is 2.06. The van der Waals surface area contributed by atoms with Crippen molar-refractivity contribution in [1.82, 2.24) is 19.5 Å². The van der Waals surface area contributed by atoms with Gasteiger partial charge in [0.2, 0.25) is 0 Å². The van der Waals surface area contributed by atoms with Crippen LogP contribution < -0.4 is 0 Å². The van der Waals surface area contributed by atoms with Gasteiger partial charge in [0.15, 0.2) is 11.6 Å². The van der Waals surface area contributed by atoms with Crippen LogP contribution in [0.4, 0.5) is 0 Å². The first-order chi connectivity index (χ1) is 24.7. The molecule has 0 aliphatic rings. The van der Waals surface area contributed by atoms with Crippen LogP contribution in [-0.4, -0.2) is 19.5 Å². The molecule has 0 N–H and O–H groups in total. The van der Waals surface area contributed by atoms with Crippen LogP contribution in [0.3, 0.4) is 0 Å². The number of hydrogen-bond acceptors (Lipinski definition) is 3. The SMILES string of the molecule is C=C(/C=C\C=C/Cc1nc(-c2ccccc2)nc(-c2ccccc2)n1)c1ccccc1-c1ccc2c(c1)c1ccccc1n2-c1ccccc1. The van der Waals surface area contributed by atoms with Crippen LogP contribution in [0.5, 0.6) is 0 Å². The minimum Gasteiger partial charge on any atom is -0.309 e. The first kappa shape index (κ1) is 30.7. The summed E-state index contributed by atoms with van der Waals surface area (Å²) >= 11 is 0. The van der Waals surface area contributed by atoms with Gasteiger partial charge >= 0.3 is 0 Å². The summed E-state index contributed by atoms with van der Waals surface area (Å²) in [6.45, 7) is 4.46. The molecule has 238 valence electrons. The van der Waals surface area contributed by atoms with Crippen molar-refractivity contribution in [2.24, 2.45) is 0 Å². The fourth-order valence-electron chi connectivity index (χ4n) is 6.47. The molecular formula is C46H34N4. The Morgan fingerprint density at radius 2 is 1.14 bits per heavy atom. The van der Waals surface area contributed by atoms with Crippen molar-refractivity contribution in [1.29, 1.82) is 0 Å². The maximum Gasteiger partial charge on any atom is 0.163 e. The summed E-state index contributed by atoms with van der Waals surface area (Å²) < 4.78 is 2.34. The third-order valence-electron chi connectivity index (χ3n) is 8.86. The Balaban J connectivity index is 1.05. The van der Waals surface area contributed by atoms with Crippen LogP contribution in [-0.2, 0) is 6.42 Å². The van der Waals surface area contributed by atoms with Crippen LogP contribution >= 0.6 is 0 Å². The molecule has 0 aliphatic carbocycles. The molecule has 0 radical (unpaired) electrons. The van der Waals surface area contributed by atoms with Gasteiger partial charge < -0.3 is 4.57 Å². The van der Waals surface area contributed by atoms with Gasteiger partial charge in [0, 0.05) is 34.0 Å². The molecule has 8 aromatic rings. The lowest BCUT2D eigenvalue weighted by Crippen LogP contribution is -2.02. The van der Waals surface area contributed by atoms with Crippen molar-refractivity contribution in [2.45, 2.75) is 6.42 Å². The first-order valence-corrected chi connectivity index (χ1v) is 16.8. The second-order valence-electron chi connectivity index (χ2n) is 12.1. The Morgan fingerprint density at radius 3 is 1.86 bits per heavy atom. The van der Waals surface area contributed by atoms with Crippen molar-refractivity contribution < 1.29 is 0 Å². The summed E-state index contributed by atoms with van der Waals surface area (Å²) in [7, 11) is 0. The van der Waals surface area contributed by atoms with E-state index in [0.29, 0.717) is 18.1 Å². The second kappa shape index (κ2) is 13.8. The maximum absolute atomic E-state index is 4.80. The average Bonchev–Trinajstić information content (AvgIpc) is 3.52. The summed E-state index contributed by atoms with van der Waals surface area (Å²) in [6, 6.07) is 54.5. The zero-order chi connectivity index (χ0) is 33.7. The van der Waals surface area contributed by atoms with Crippen LogP contribution in [0.25, 0.3) is 67.0 Å². The smallest absolute Gasteiger partial charge is 0.163 e. The number of allylic oxidation sites excluding steroid dienone is 5. The molecule has 2 heterocycles. The van der Waals surface area contributed by atoms with Gasteiger partial charge in [0.05, 0.1) is 11.0 Å². The van der Waals surface area contributed by atoms with Gasteiger partial charge in [-0.05, 0) is 52.6 Å². The lowest BCUT2D eigenvalue weighted by atomic mass is 9.94. The minimum absolute atomic E-state index is 0.576. The molecule has 0 atom stereocenters. The highest BCUT2D eigenvalue weighted by Gasteiger charge is 2.14. The fourth-order valence-corrected chi connectivity index (χ4v) is 6.47.